The third-order valence-electron chi connectivity index (χ3n) is 7.39. The van der Waals surface area contributed by atoms with Gasteiger partial charge < -0.3 is 20.6 Å². The quantitative estimate of drug-likeness (QED) is 0.330. The van der Waals surface area contributed by atoms with E-state index in [-0.39, 0.29) is 6.04 Å². The monoisotopic (exact) mass is 452 g/mol. The molecule has 2 atom stereocenters. The van der Waals surface area contributed by atoms with Crippen molar-refractivity contribution in [3.8, 4) is 33.6 Å². The molecule has 0 amide bonds. The Kier molecular flexibility index (Phi) is 5.55. The third-order valence-corrected chi connectivity index (χ3v) is 7.39. The standard InChI is InChI=1S/C28H32N6/c1-17(29-2)27-32-23-6-3-5-21-15-20(12-13-22(21)26(23)34-27)18-8-10-19(11-9-18)25-16-31-28(33-25)24-7-4-14-30-24/h8-13,15-17,24,29-30H,3-7,14H2,1-2H3,(H,31,33)(H,32,34)/t17-,24-/m0/s1. The van der Waals surface area contributed by atoms with Gasteiger partial charge in [0.25, 0.3) is 0 Å². The molecule has 3 heterocycles. The molecule has 2 aromatic heterocycles. The van der Waals surface area contributed by atoms with Gasteiger partial charge in [0.15, 0.2) is 0 Å². The van der Waals surface area contributed by atoms with E-state index in [1.807, 2.05) is 13.2 Å². The van der Waals surface area contributed by atoms with Crippen LogP contribution in [0, 0.1) is 0 Å². The second-order valence-electron chi connectivity index (χ2n) is 9.59. The summed E-state index contributed by atoms with van der Waals surface area (Å²) in [4.78, 5) is 16.7. The summed E-state index contributed by atoms with van der Waals surface area (Å²) in [5.41, 5.74) is 9.78. The Morgan fingerprint density at radius 1 is 0.971 bits per heavy atom. The molecule has 2 aromatic carbocycles. The highest BCUT2D eigenvalue weighted by atomic mass is 15.0. The number of hydrogen-bond acceptors (Lipinski definition) is 4. The van der Waals surface area contributed by atoms with Crippen LogP contribution in [-0.4, -0.2) is 33.5 Å². The predicted molar refractivity (Wildman–Crippen MR) is 137 cm³/mol. The molecule has 6 rings (SSSR count). The Balaban J connectivity index is 1.27. The molecule has 1 fully saturated rings. The number of aromatic nitrogens is 4. The molecule has 1 aliphatic carbocycles. The minimum atomic E-state index is 0.216. The van der Waals surface area contributed by atoms with Crippen molar-refractivity contribution >= 4 is 0 Å². The maximum absolute atomic E-state index is 4.97. The minimum Gasteiger partial charge on any atom is -0.344 e. The second-order valence-corrected chi connectivity index (χ2v) is 9.59. The lowest BCUT2D eigenvalue weighted by Crippen LogP contribution is -2.14. The summed E-state index contributed by atoms with van der Waals surface area (Å²) in [5, 5.41) is 6.80. The number of fused-ring (bicyclic) bond motifs is 3. The molecule has 0 unspecified atom stereocenters. The van der Waals surface area contributed by atoms with Gasteiger partial charge in [0.05, 0.1) is 29.7 Å². The summed E-state index contributed by atoms with van der Waals surface area (Å²) in [6.45, 7) is 3.22. The number of benzene rings is 2. The van der Waals surface area contributed by atoms with Crippen LogP contribution in [-0.2, 0) is 12.8 Å². The highest BCUT2D eigenvalue weighted by Crippen LogP contribution is 2.35. The van der Waals surface area contributed by atoms with Crippen molar-refractivity contribution in [1.82, 2.24) is 30.6 Å². The molecule has 1 saturated heterocycles. The Morgan fingerprint density at radius 2 is 1.79 bits per heavy atom. The highest BCUT2D eigenvalue weighted by molar-refractivity contribution is 5.75. The zero-order valence-electron chi connectivity index (χ0n) is 19.9. The van der Waals surface area contributed by atoms with Gasteiger partial charge in [-0.1, -0.05) is 42.5 Å². The predicted octanol–water partition coefficient (Wildman–Crippen LogP) is 5.33. The van der Waals surface area contributed by atoms with Gasteiger partial charge in [0.2, 0.25) is 0 Å². The van der Waals surface area contributed by atoms with Gasteiger partial charge in [0, 0.05) is 11.3 Å². The van der Waals surface area contributed by atoms with Crippen LogP contribution < -0.4 is 10.6 Å². The van der Waals surface area contributed by atoms with Crippen LogP contribution in [0.5, 0.6) is 0 Å². The van der Waals surface area contributed by atoms with Gasteiger partial charge in [-0.05, 0) is 74.9 Å². The minimum absolute atomic E-state index is 0.216. The van der Waals surface area contributed by atoms with Crippen molar-refractivity contribution in [3.05, 3.63) is 71.6 Å². The fourth-order valence-corrected chi connectivity index (χ4v) is 5.26. The SMILES string of the molecule is CN[C@@H](C)c1nc2c([nH]1)CCCc1cc(-c3ccc(-c4cnc([C@@H]5CCCN5)[nH]4)cc3)ccc1-2. The first-order valence-electron chi connectivity index (χ1n) is 12.5. The Hall–Kier alpha value is -3.22. The normalized spacial score (nSPS) is 18.4. The Morgan fingerprint density at radius 3 is 2.59 bits per heavy atom. The zero-order valence-corrected chi connectivity index (χ0v) is 19.9. The largest absolute Gasteiger partial charge is 0.344 e. The number of nitrogens with zero attached hydrogens (tertiary/aromatic N) is 2. The van der Waals surface area contributed by atoms with Crippen molar-refractivity contribution in [2.24, 2.45) is 0 Å². The Bertz CT molecular complexity index is 1290. The van der Waals surface area contributed by atoms with Gasteiger partial charge in [0.1, 0.15) is 11.6 Å². The van der Waals surface area contributed by atoms with Crippen LogP contribution >= 0.6 is 0 Å². The summed E-state index contributed by atoms with van der Waals surface area (Å²) in [5.74, 6) is 2.07. The molecule has 2 aliphatic rings. The lowest BCUT2D eigenvalue weighted by molar-refractivity contribution is 0.613. The van der Waals surface area contributed by atoms with Gasteiger partial charge in [-0.3, -0.25) is 0 Å². The molecule has 34 heavy (non-hydrogen) atoms. The van der Waals surface area contributed by atoms with Crippen LogP contribution in [0.25, 0.3) is 33.6 Å². The van der Waals surface area contributed by atoms with E-state index >= 15 is 0 Å². The van der Waals surface area contributed by atoms with Crippen molar-refractivity contribution in [3.63, 3.8) is 0 Å². The molecule has 4 aromatic rings. The molecule has 0 saturated carbocycles. The number of hydrogen-bond donors (Lipinski definition) is 4. The zero-order chi connectivity index (χ0) is 23.1. The van der Waals surface area contributed by atoms with E-state index in [9.17, 15) is 0 Å². The second kappa shape index (κ2) is 8.85. The first kappa shape index (κ1) is 21.3. The van der Waals surface area contributed by atoms with Gasteiger partial charge in [-0.25, -0.2) is 9.97 Å². The fraction of sp³-hybridized carbons (Fsp3) is 0.357. The number of rotatable bonds is 5. The maximum Gasteiger partial charge on any atom is 0.123 e. The van der Waals surface area contributed by atoms with E-state index in [1.165, 1.54) is 39.9 Å². The van der Waals surface area contributed by atoms with Gasteiger partial charge in [-0.2, -0.15) is 0 Å². The van der Waals surface area contributed by atoms with Crippen LogP contribution in [0.3, 0.4) is 0 Å². The van der Waals surface area contributed by atoms with E-state index in [0.717, 1.165) is 55.3 Å². The first-order valence-corrected chi connectivity index (χ1v) is 12.5. The van der Waals surface area contributed by atoms with Gasteiger partial charge >= 0.3 is 0 Å². The maximum atomic E-state index is 4.97. The highest BCUT2D eigenvalue weighted by Gasteiger charge is 2.21. The molecular formula is C28H32N6. The third kappa shape index (κ3) is 3.87. The smallest absolute Gasteiger partial charge is 0.123 e. The van der Waals surface area contributed by atoms with Crippen molar-refractivity contribution in [1.29, 1.82) is 0 Å². The molecular weight excluding hydrogens is 420 g/mol. The van der Waals surface area contributed by atoms with Crippen LogP contribution in [0.2, 0.25) is 0 Å². The molecule has 4 N–H and O–H groups in total. The molecule has 174 valence electrons. The molecule has 1 aliphatic heterocycles. The summed E-state index contributed by atoms with van der Waals surface area (Å²) >= 11 is 0. The van der Waals surface area contributed by atoms with E-state index in [0.29, 0.717) is 6.04 Å². The van der Waals surface area contributed by atoms with Gasteiger partial charge in [-0.15, -0.1) is 0 Å². The molecule has 0 spiro atoms. The fourth-order valence-electron chi connectivity index (χ4n) is 5.26. The lowest BCUT2D eigenvalue weighted by Gasteiger charge is -2.10. The van der Waals surface area contributed by atoms with Crippen LogP contribution in [0.15, 0.2) is 48.7 Å². The number of aryl methyl sites for hydroxylation is 2. The molecule has 0 bridgehead atoms. The van der Waals surface area contributed by atoms with Crippen molar-refractivity contribution in [2.45, 2.75) is 51.1 Å². The van der Waals surface area contributed by atoms with E-state index in [1.54, 1.807) is 0 Å². The first-order chi connectivity index (χ1) is 16.7. The van der Waals surface area contributed by atoms with Crippen molar-refractivity contribution in [2.75, 3.05) is 13.6 Å². The number of imidazole rings is 2. The number of H-pyrrole nitrogens is 2. The molecule has 6 heteroatoms. The van der Waals surface area contributed by atoms with E-state index < -0.39 is 0 Å². The Labute approximate surface area is 200 Å². The summed E-state index contributed by atoms with van der Waals surface area (Å²) in [7, 11) is 1.97. The average Bonchev–Trinajstić information content (AvgIpc) is 3.63. The lowest BCUT2D eigenvalue weighted by atomic mass is 9.95. The van der Waals surface area contributed by atoms with Crippen LogP contribution in [0.1, 0.15) is 61.2 Å². The average molecular weight is 453 g/mol. The summed E-state index contributed by atoms with van der Waals surface area (Å²) < 4.78 is 0. The van der Waals surface area contributed by atoms with Crippen molar-refractivity contribution < 1.29 is 0 Å². The number of nitrogens with one attached hydrogen (secondary N) is 4. The molecule has 6 nitrogen and oxygen atoms in total. The summed E-state index contributed by atoms with van der Waals surface area (Å²) in [6.07, 6.45) is 7.58. The molecule has 0 radical (unpaired) electrons. The topological polar surface area (TPSA) is 81.4 Å². The summed E-state index contributed by atoms with van der Waals surface area (Å²) in [6, 6.07) is 16.2. The van der Waals surface area contributed by atoms with E-state index in [2.05, 4.69) is 75.0 Å². The van der Waals surface area contributed by atoms with Crippen LogP contribution in [0.4, 0.5) is 0 Å². The number of aromatic amines is 2. The van der Waals surface area contributed by atoms with E-state index in [4.69, 9.17) is 4.98 Å².